The maximum absolute atomic E-state index is 5.93. The van der Waals surface area contributed by atoms with Gasteiger partial charge in [0.15, 0.2) is 0 Å². The molecule has 72 valence electrons. The van der Waals surface area contributed by atoms with Gasteiger partial charge in [-0.15, -0.1) is 0 Å². The Morgan fingerprint density at radius 3 is 3.15 bits per heavy atom. The minimum absolute atomic E-state index is 0.570. The van der Waals surface area contributed by atoms with Gasteiger partial charge in [-0.1, -0.05) is 18.0 Å². The maximum atomic E-state index is 5.93. The number of imidazole rings is 1. The third-order valence-corrected chi connectivity index (χ3v) is 2.81. The normalized spacial score (nSPS) is 23.3. The van der Waals surface area contributed by atoms with Gasteiger partial charge in [-0.3, -0.25) is 0 Å². The highest BCUT2D eigenvalue weighted by atomic mass is 35.5. The Morgan fingerprint density at radius 2 is 2.54 bits per heavy atom. The monoisotopic (exact) mass is 199 g/mol. The van der Waals surface area contributed by atoms with Crippen molar-refractivity contribution in [3.8, 4) is 0 Å². The van der Waals surface area contributed by atoms with Gasteiger partial charge >= 0.3 is 0 Å². The molecule has 0 aromatic carbocycles. The summed E-state index contributed by atoms with van der Waals surface area (Å²) in [5.74, 6) is 0. The van der Waals surface area contributed by atoms with Crippen molar-refractivity contribution in [2.45, 2.75) is 31.8 Å². The van der Waals surface area contributed by atoms with Crippen molar-refractivity contribution in [1.82, 2.24) is 14.9 Å². The molecule has 0 bridgehead atoms. The lowest BCUT2D eigenvalue weighted by atomic mass is 10.1. The molecule has 1 saturated heterocycles. The quantitative estimate of drug-likeness (QED) is 0.786. The number of hydrogen-bond acceptors (Lipinski definition) is 2. The van der Waals surface area contributed by atoms with E-state index >= 15 is 0 Å². The number of rotatable bonds is 2. The standard InChI is InChI=1S/C9H14ClN3/c10-9-5-11-7-13(9)6-8-3-1-2-4-12-8/h5,7-8,12H,1-4,6H2. The fraction of sp³-hybridized carbons (Fsp3) is 0.667. The molecule has 0 aliphatic carbocycles. The van der Waals surface area contributed by atoms with Crippen LogP contribution in [0, 0.1) is 0 Å². The number of hydrogen-bond donors (Lipinski definition) is 1. The highest BCUT2D eigenvalue weighted by Crippen LogP contribution is 2.12. The van der Waals surface area contributed by atoms with E-state index in [1.807, 2.05) is 4.57 Å². The Morgan fingerprint density at radius 1 is 1.62 bits per heavy atom. The molecule has 1 aromatic rings. The summed E-state index contributed by atoms with van der Waals surface area (Å²) in [6, 6.07) is 0.570. The minimum Gasteiger partial charge on any atom is -0.320 e. The Bertz CT molecular complexity index is 266. The molecule has 1 aliphatic rings. The van der Waals surface area contributed by atoms with Gasteiger partial charge in [0.25, 0.3) is 0 Å². The highest BCUT2D eigenvalue weighted by molar-refractivity contribution is 6.29. The molecule has 0 saturated carbocycles. The summed E-state index contributed by atoms with van der Waals surface area (Å²) in [6.07, 6.45) is 7.34. The summed E-state index contributed by atoms with van der Waals surface area (Å²) in [6.45, 7) is 2.08. The first kappa shape index (κ1) is 9.03. The lowest BCUT2D eigenvalue weighted by molar-refractivity contribution is 0.363. The molecule has 1 unspecified atom stereocenters. The topological polar surface area (TPSA) is 29.9 Å². The molecule has 0 spiro atoms. The van der Waals surface area contributed by atoms with Gasteiger partial charge in [-0.25, -0.2) is 4.98 Å². The first-order chi connectivity index (χ1) is 6.36. The van der Waals surface area contributed by atoms with Crippen molar-refractivity contribution < 1.29 is 0 Å². The molecular formula is C9H14ClN3. The average Bonchev–Trinajstić information content (AvgIpc) is 2.54. The molecule has 1 aromatic heterocycles. The van der Waals surface area contributed by atoms with Crippen LogP contribution in [-0.2, 0) is 6.54 Å². The van der Waals surface area contributed by atoms with Gasteiger partial charge in [-0.2, -0.15) is 0 Å². The van der Waals surface area contributed by atoms with Crippen molar-refractivity contribution in [1.29, 1.82) is 0 Å². The Labute approximate surface area is 83.1 Å². The molecule has 1 aliphatic heterocycles. The molecule has 0 amide bonds. The van der Waals surface area contributed by atoms with Crippen LogP contribution in [0.5, 0.6) is 0 Å². The second-order valence-corrected chi connectivity index (χ2v) is 3.90. The summed E-state index contributed by atoms with van der Waals surface area (Å²) in [5.41, 5.74) is 0. The van der Waals surface area contributed by atoms with Crippen LogP contribution < -0.4 is 5.32 Å². The highest BCUT2D eigenvalue weighted by Gasteiger charge is 2.13. The van der Waals surface area contributed by atoms with Crippen LogP contribution in [0.1, 0.15) is 19.3 Å². The van der Waals surface area contributed by atoms with Crippen molar-refractivity contribution in [3.05, 3.63) is 17.7 Å². The van der Waals surface area contributed by atoms with E-state index < -0.39 is 0 Å². The molecule has 1 N–H and O–H groups in total. The van der Waals surface area contributed by atoms with Crippen LogP contribution in [0.3, 0.4) is 0 Å². The summed E-state index contributed by atoms with van der Waals surface area (Å²) < 4.78 is 1.99. The van der Waals surface area contributed by atoms with Crippen LogP contribution in [0.2, 0.25) is 5.15 Å². The van der Waals surface area contributed by atoms with E-state index in [0.29, 0.717) is 6.04 Å². The molecule has 2 heterocycles. The SMILES string of the molecule is Clc1cncn1CC1CCCCN1. The van der Waals surface area contributed by atoms with Crippen LogP contribution in [-0.4, -0.2) is 22.1 Å². The second-order valence-electron chi connectivity index (χ2n) is 3.52. The van der Waals surface area contributed by atoms with Crippen molar-refractivity contribution in [2.24, 2.45) is 0 Å². The van der Waals surface area contributed by atoms with Crippen LogP contribution in [0.15, 0.2) is 12.5 Å². The molecule has 1 atom stereocenters. The largest absolute Gasteiger partial charge is 0.320 e. The van der Waals surface area contributed by atoms with E-state index in [-0.39, 0.29) is 0 Å². The fourth-order valence-corrected chi connectivity index (χ4v) is 1.93. The lowest BCUT2D eigenvalue weighted by Crippen LogP contribution is -2.37. The van der Waals surface area contributed by atoms with Crippen LogP contribution in [0.25, 0.3) is 0 Å². The van der Waals surface area contributed by atoms with Gasteiger partial charge in [-0.05, 0) is 19.4 Å². The molecular weight excluding hydrogens is 186 g/mol. The number of piperidine rings is 1. The van der Waals surface area contributed by atoms with E-state index in [4.69, 9.17) is 11.6 Å². The average molecular weight is 200 g/mol. The molecule has 0 radical (unpaired) electrons. The zero-order chi connectivity index (χ0) is 9.10. The smallest absolute Gasteiger partial charge is 0.128 e. The second kappa shape index (κ2) is 4.11. The van der Waals surface area contributed by atoms with E-state index in [1.165, 1.54) is 19.3 Å². The van der Waals surface area contributed by atoms with Gasteiger partial charge in [0, 0.05) is 12.6 Å². The van der Waals surface area contributed by atoms with Gasteiger partial charge in [0.1, 0.15) is 5.15 Å². The third kappa shape index (κ3) is 2.23. The first-order valence-corrected chi connectivity index (χ1v) is 5.13. The third-order valence-electron chi connectivity index (χ3n) is 2.49. The van der Waals surface area contributed by atoms with E-state index in [9.17, 15) is 0 Å². The van der Waals surface area contributed by atoms with Crippen molar-refractivity contribution >= 4 is 11.6 Å². The maximum Gasteiger partial charge on any atom is 0.128 e. The van der Waals surface area contributed by atoms with Gasteiger partial charge < -0.3 is 9.88 Å². The Balaban J connectivity index is 1.93. The summed E-state index contributed by atoms with van der Waals surface area (Å²) in [4.78, 5) is 3.99. The molecule has 4 heteroatoms. The first-order valence-electron chi connectivity index (χ1n) is 4.75. The van der Waals surface area contributed by atoms with Gasteiger partial charge in [0.05, 0.1) is 12.5 Å². The zero-order valence-corrected chi connectivity index (χ0v) is 8.30. The predicted molar refractivity (Wildman–Crippen MR) is 52.9 cm³/mol. The number of nitrogens with one attached hydrogen (secondary N) is 1. The Kier molecular flexibility index (Phi) is 2.86. The number of halogens is 1. The molecule has 13 heavy (non-hydrogen) atoms. The predicted octanol–water partition coefficient (Wildman–Crippen LogP) is 1.68. The van der Waals surface area contributed by atoms with Crippen molar-refractivity contribution in [3.63, 3.8) is 0 Å². The molecule has 3 nitrogen and oxygen atoms in total. The van der Waals surface area contributed by atoms with Crippen molar-refractivity contribution in [2.75, 3.05) is 6.54 Å². The van der Waals surface area contributed by atoms with Crippen LogP contribution in [0.4, 0.5) is 0 Å². The summed E-state index contributed by atoms with van der Waals surface area (Å²) >= 11 is 5.93. The van der Waals surface area contributed by atoms with Crippen LogP contribution >= 0.6 is 11.6 Å². The minimum atomic E-state index is 0.570. The fourth-order valence-electron chi connectivity index (χ4n) is 1.76. The molecule has 1 fully saturated rings. The zero-order valence-electron chi connectivity index (χ0n) is 7.54. The van der Waals surface area contributed by atoms with E-state index in [2.05, 4.69) is 10.3 Å². The Hall–Kier alpha value is -0.540. The molecule has 2 rings (SSSR count). The van der Waals surface area contributed by atoms with E-state index in [0.717, 1.165) is 18.2 Å². The summed E-state index contributed by atoms with van der Waals surface area (Å²) in [7, 11) is 0. The van der Waals surface area contributed by atoms with Gasteiger partial charge in [0.2, 0.25) is 0 Å². The number of nitrogens with zero attached hydrogens (tertiary/aromatic N) is 2. The lowest BCUT2D eigenvalue weighted by Gasteiger charge is -2.23. The number of aromatic nitrogens is 2. The summed E-state index contributed by atoms with van der Waals surface area (Å²) in [5, 5.41) is 4.21. The van der Waals surface area contributed by atoms with E-state index in [1.54, 1.807) is 12.5 Å².